The fraction of sp³-hybridized carbons (Fsp3) is 0.238. The van der Waals surface area contributed by atoms with E-state index in [1.807, 2.05) is 0 Å². The molecule has 0 saturated carbocycles. The van der Waals surface area contributed by atoms with Gasteiger partial charge in [0, 0.05) is 35.3 Å². The van der Waals surface area contributed by atoms with Gasteiger partial charge in [0.05, 0.1) is 22.2 Å². The van der Waals surface area contributed by atoms with Gasteiger partial charge >= 0.3 is 0 Å². The number of nitrogens with zero attached hydrogens (tertiary/aromatic N) is 2. The maximum Gasteiger partial charge on any atom is 0.270 e. The van der Waals surface area contributed by atoms with Crippen molar-refractivity contribution in [2.24, 2.45) is 0 Å². The van der Waals surface area contributed by atoms with Gasteiger partial charge in [-0.1, -0.05) is 0 Å². The highest BCUT2D eigenvalue weighted by atomic mass is 32.1. The van der Waals surface area contributed by atoms with Crippen LogP contribution < -0.4 is 10.6 Å². The third-order valence-corrected chi connectivity index (χ3v) is 6.24. The van der Waals surface area contributed by atoms with Gasteiger partial charge in [-0.3, -0.25) is 14.9 Å². The number of fused-ring (bicyclic) bond motifs is 1. The molecular formula is C21H19FN4O3S. The predicted molar refractivity (Wildman–Crippen MR) is 113 cm³/mol. The van der Waals surface area contributed by atoms with Gasteiger partial charge in [0.25, 0.3) is 11.6 Å². The molecule has 1 aliphatic carbocycles. The number of hydrogen-bond donors (Lipinski definition) is 2. The number of halogens is 1. The summed E-state index contributed by atoms with van der Waals surface area (Å²) >= 11 is 1.59. The number of carbonyl (C=O) groups is 1. The number of nitrogens with one attached hydrogen (secondary N) is 2. The molecule has 0 aliphatic heterocycles. The van der Waals surface area contributed by atoms with E-state index in [0.717, 1.165) is 40.4 Å². The standard InChI is InChI=1S/C21H19FN4O3S/c1-23-20(27)15-11-14(26(28)29)9-10-16(15)24-17-3-2-4-18-19(17)25-21(30-18)12-5-7-13(22)8-6-12/h5-11,17,24H,2-4H2,1H3,(H,23,27). The van der Waals surface area contributed by atoms with E-state index in [-0.39, 0.29) is 23.1 Å². The average Bonchev–Trinajstić information content (AvgIpc) is 3.19. The molecule has 3 aromatic rings. The van der Waals surface area contributed by atoms with Crippen molar-refractivity contribution in [2.45, 2.75) is 25.3 Å². The molecule has 1 unspecified atom stereocenters. The number of thiazole rings is 1. The number of rotatable bonds is 5. The van der Waals surface area contributed by atoms with Gasteiger partial charge in [-0.05, 0) is 49.6 Å². The van der Waals surface area contributed by atoms with E-state index in [1.165, 1.54) is 31.3 Å². The molecule has 0 bridgehead atoms. The Morgan fingerprint density at radius 1 is 1.27 bits per heavy atom. The van der Waals surface area contributed by atoms with Gasteiger partial charge in [-0.15, -0.1) is 11.3 Å². The van der Waals surface area contributed by atoms with Crippen LogP contribution in [-0.4, -0.2) is 22.9 Å². The Kier molecular flexibility index (Phi) is 5.45. The van der Waals surface area contributed by atoms with Crippen molar-refractivity contribution in [1.29, 1.82) is 0 Å². The zero-order valence-electron chi connectivity index (χ0n) is 16.1. The highest BCUT2D eigenvalue weighted by Crippen LogP contribution is 2.39. The molecule has 9 heteroatoms. The Hall–Kier alpha value is -3.33. The van der Waals surface area contributed by atoms with Crippen molar-refractivity contribution in [3.8, 4) is 10.6 Å². The molecular weight excluding hydrogens is 407 g/mol. The maximum absolute atomic E-state index is 13.2. The minimum Gasteiger partial charge on any atom is -0.376 e. The third kappa shape index (κ3) is 3.88. The number of amides is 1. The van der Waals surface area contributed by atoms with Crippen LogP contribution in [0.25, 0.3) is 10.6 Å². The molecule has 154 valence electrons. The van der Waals surface area contributed by atoms with E-state index in [9.17, 15) is 19.3 Å². The van der Waals surface area contributed by atoms with Crippen LogP contribution in [0.2, 0.25) is 0 Å². The number of benzene rings is 2. The Labute approximate surface area is 176 Å². The Morgan fingerprint density at radius 3 is 2.73 bits per heavy atom. The van der Waals surface area contributed by atoms with Gasteiger partial charge in [0.2, 0.25) is 0 Å². The van der Waals surface area contributed by atoms with Gasteiger partial charge in [0.15, 0.2) is 0 Å². The van der Waals surface area contributed by atoms with Crippen LogP contribution in [0.4, 0.5) is 15.8 Å². The molecule has 1 aliphatic rings. The van der Waals surface area contributed by atoms with Crippen molar-refractivity contribution >= 4 is 28.6 Å². The summed E-state index contributed by atoms with van der Waals surface area (Å²) < 4.78 is 13.2. The molecule has 1 aromatic heterocycles. The lowest BCUT2D eigenvalue weighted by Gasteiger charge is -2.24. The van der Waals surface area contributed by atoms with Crippen LogP contribution >= 0.6 is 11.3 Å². The van der Waals surface area contributed by atoms with Crippen LogP contribution in [-0.2, 0) is 6.42 Å². The molecule has 7 nitrogen and oxygen atoms in total. The SMILES string of the molecule is CNC(=O)c1cc([N+](=O)[O-])ccc1NC1CCCc2sc(-c3ccc(F)cc3)nc21. The van der Waals surface area contributed by atoms with E-state index in [0.29, 0.717) is 5.69 Å². The van der Waals surface area contributed by atoms with Gasteiger partial charge in [-0.2, -0.15) is 0 Å². The molecule has 2 aromatic carbocycles. The molecule has 1 amide bonds. The van der Waals surface area contributed by atoms with Crippen molar-refractivity contribution < 1.29 is 14.1 Å². The summed E-state index contributed by atoms with van der Waals surface area (Å²) in [5, 5.41) is 17.8. The summed E-state index contributed by atoms with van der Waals surface area (Å²) in [5.74, 6) is -0.693. The van der Waals surface area contributed by atoms with Crippen molar-refractivity contribution in [2.75, 3.05) is 12.4 Å². The highest BCUT2D eigenvalue weighted by Gasteiger charge is 2.27. The smallest absolute Gasteiger partial charge is 0.270 e. The number of aryl methyl sites for hydroxylation is 1. The molecule has 30 heavy (non-hydrogen) atoms. The van der Waals surface area contributed by atoms with Crippen LogP contribution in [0.3, 0.4) is 0 Å². The normalized spacial score (nSPS) is 15.3. The van der Waals surface area contributed by atoms with E-state index >= 15 is 0 Å². The average molecular weight is 426 g/mol. The van der Waals surface area contributed by atoms with E-state index < -0.39 is 10.8 Å². The molecule has 2 N–H and O–H groups in total. The largest absolute Gasteiger partial charge is 0.376 e. The lowest BCUT2D eigenvalue weighted by atomic mass is 9.96. The third-order valence-electron chi connectivity index (χ3n) is 5.06. The summed E-state index contributed by atoms with van der Waals surface area (Å²) in [7, 11) is 1.49. The number of nitro benzene ring substituents is 1. The fourth-order valence-corrected chi connectivity index (χ4v) is 4.73. The molecule has 4 rings (SSSR count). The first-order chi connectivity index (χ1) is 14.5. The number of nitro groups is 1. The number of anilines is 1. The first kappa shape index (κ1) is 20.0. The Balaban J connectivity index is 1.67. The van der Waals surface area contributed by atoms with Gasteiger partial charge < -0.3 is 10.6 Å². The zero-order valence-corrected chi connectivity index (χ0v) is 17.0. The quantitative estimate of drug-likeness (QED) is 0.455. The summed E-state index contributed by atoms with van der Waals surface area (Å²) in [4.78, 5) is 28.8. The number of non-ortho nitro benzene ring substituents is 1. The van der Waals surface area contributed by atoms with Crippen LogP contribution in [0.15, 0.2) is 42.5 Å². The molecule has 0 fully saturated rings. The van der Waals surface area contributed by atoms with Crippen molar-refractivity contribution in [1.82, 2.24) is 10.3 Å². The minimum absolute atomic E-state index is 0.121. The molecule has 0 saturated heterocycles. The van der Waals surface area contributed by atoms with E-state index in [2.05, 4.69) is 10.6 Å². The van der Waals surface area contributed by atoms with Gasteiger partial charge in [0.1, 0.15) is 10.8 Å². The Bertz CT molecular complexity index is 1110. The lowest BCUT2D eigenvalue weighted by molar-refractivity contribution is -0.384. The van der Waals surface area contributed by atoms with Gasteiger partial charge in [-0.25, -0.2) is 9.37 Å². The summed E-state index contributed by atoms with van der Waals surface area (Å²) in [6.45, 7) is 0. The molecule has 0 radical (unpaired) electrons. The zero-order chi connectivity index (χ0) is 21.3. The molecule has 1 atom stereocenters. The predicted octanol–water partition coefficient (Wildman–Crippen LogP) is 4.71. The second-order valence-corrected chi connectivity index (χ2v) is 8.07. The lowest BCUT2D eigenvalue weighted by Crippen LogP contribution is -2.22. The van der Waals surface area contributed by atoms with Crippen molar-refractivity contribution in [3.63, 3.8) is 0 Å². The number of hydrogen-bond acceptors (Lipinski definition) is 6. The monoisotopic (exact) mass is 426 g/mol. The topological polar surface area (TPSA) is 97.2 Å². The molecule has 1 heterocycles. The van der Waals surface area contributed by atoms with E-state index in [1.54, 1.807) is 29.5 Å². The maximum atomic E-state index is 13.2. The van der Waals surface area contributed by atoms with E-state index in [4.69, 9.17) is 4.98 Å². The first-order valence-corrected chi connectivity index (χ1v) is 10.3. The highest BCUT2D eigenvalue weighted by molar-refractivity contribution is 7.15. The first-order valence-electron chi connectivity index (χ1n) is 9.49. The number of aromatic nitrogens is 1. The van der Waals surface area contributed by atoms with Crippen LogP contribution in [0.1, 0.15) is 39.8 Å². The molecule has 0 spiro atoms. The fourth-order valence-electron chi connectivity index (χ4n) is 3.56. The minimum atomic E-state index is -0.523. The summed E-state index contributed by atoms with van der Waals surface area (Å²) in [6, 6.07) is 10.3. The van der Waals surface area contributed by atoms with Crippen LogP contribution in [0, 0.1) is 15.9 Å². The van der Waals surface area contributed by atoms with Crippen molar-refractivity contribution in [3.05, 3.63) is 74.5 Å². The summed E-state index contributed by atoms with van der Waals surface area (Å²) in [5.41, 5.74) is 2.36. The second-order valence-electron chi connectivity index (χ2n) is 6.99. The Morgan fingerprint density at radius 2 is 2.03 bits per heavy atom. The van der Waals surface area contributed by atoms with Crippen LogP contribution in [0.5, 0.6) is 0 Å². The summed E-state index contributed by atoms with van der Waals surface area (Å²) in [6.07, 6.45) is 2.69. The second kappa shape index (κ2) is 8.19. The number of carbonyl (C=O) groups excluding carboxylic acids is 1.